The molecule has 0 spiro atoms. The van der Waals surface area contributed by atoms with Gasteiger partial charge in [0.1, 0.15) is 22.9 Å². The lowest BCUT2D eigenvalue weighted by Gasteiger charge is -2.22. The molecule has 0 aliphatic rings. The Morgan fingerprint density at radius 1 is 1.21 bits per heavy atom. The van der Waals surface area contributed by atoms with Gasteiger partial charge in [0, 0.05) is 6.54 Å². The first-order chi connectivity index (χ1) is 13.6. The lowest BCUT2D eigenvalue weighted by Crippen LogP contribution is -2.44. The number of nitrogens with one attached hydrogen (secondary N) is 2. The van der Waals surface area contributed by atoms with Crippen LogP contribution in [-0.4, -0.2) is 36.9 Å². The van der Waals surface area contributed by atoms with E-state index >= 15 is 0 Å². The topological polar surface area (TPSA) is 79.0 Å². The summed E-state index contributed by atoms with van der Waals surface area (Å²) in [7, 11) is 0. The van der Waals surface area contributed by atoms with Crippen LogP contribution in [0.2, 0.25) is 0 Å². The fourth-order valence-corrected chi connectivity index (χ4v) is 2.48. The molecule has 0 saturated carbocycles. The summed E-state index contributed by atoms with van der Waals surface area (Å²) in [5, 5.41) is 16.7. The fraction of sp³-hybridized carbons (Fsp3) is 0.450. The number of hydrogen-bond acceptors (Lipinski definition) is 4. The van der Waals surface area contributed by atoms with Crippen molar-refractivity contribution >= 4 is 5.96 Å². The molecule has 9 heteroatoms. The maximum absolute atomic E-state index is 12.3. The molecule has 0 bridgehead atoms. The Labute approximate surface area is 167 Å². The van der Waals surface area contributed by atoms with Gasteiger partial charge in [0.2, 0.25) is 0 Å². The molecule has 1 unspecified atom stereocenters. The zero-order valence-electron chi connectivity index (χ0n) is 16.6. The molecule has 2 aromatic rings. The molecule has 1 aromatic carbocycles. The van der Waals surface area contributed by atoms with Gasteiger partial charge in [-0.25, -0.2) is 4.99 Å². The summed E-state index contributed by atoms with van der Waals surface area (Å²) in [4.78, 5) is 4.41. The second kappa shape index (κ2) is 9.69. The minimum atomic E-state index is -4.39. The maximum atomic E-state index is 12.3. The van der Waals surface area contributed by atoms with E-state index in [-0.39, 0.29) is 18.8 Å². The quantitative estimate of drug-likeness (QED) is 0.456. The largest absolute Gasteiger partial charge is 0.484 e. The van der Waals surface area contributed by atoms with Crippen molar-refractivity contribution in [2.45, 2.75) is 39.1 Å². The summed E-state index contributed by atoms with van der Waals surface area (Å²) in [6, 6.07) is 9.83. The van der Waals surface area contributed by atoms with Crippen LogP contribution in [-0.2, 0) is 12.1 Å². The molecule has 1 atom stereocenters. The van der Waals surface area contributed by atoms with Gasteiger partial charge in [0.15, 0.2) is 12.6 Å². The number of nitrogens with zero attached hydrogens (tertiary/aromatic N) is 1. The van der Waals surface area contributed by atoms with E-state index in [0.717, 1.165) is 0 Å². The molecular weight excluding hydrogens is 387 g/mol. The molecular formula is C20H26F3N3O3. The number of guanidine groups is 1. The number of aliphatic hydroxyl groups is 1. The Bertz CT molecular complexity index is 817. The Balaban J connectivity index is 2.00. The first-order valence-electron chi connectivity index (χ1n) is 9.19. The lowest BCUT2D eigenvalue weighted by atomic mass is 10.0. The van der Waals surface area contributed by atoms with E-state index in [1.165, 1.54) is 12.1 Å². The first-order valence-corrected chi connectivity index (χ1v) is 9.19. The highest BCUT2D eigenvalue weighted by atomic mass is 19.4. The number of alkyl halides is 3. The molecule has 0 aliphatic heterocycles. The van der Waals surface area contributed by atoms with Crippen molar-refractivity contribution in [3.8, 4) is 5.75 Å². The van der Waals surface area contributed by atoms with E-state index in [1.807, 2.05) is 6.92 Å². The molecule has 2 rings (SSSR count). The van der Waals surface area contributed by atoms with E-state index in [9.17, 15) is 18.3 Å². The second-order valence-corrected chi connectivity index (χ2v) is 6.78. The maximum Gasteiger partial charge on any atom is 0.422 e. The smallest absolute Gasteiger partial charge is 0.422 e. The molecule has 0 saturated heterocycles. The predicted octanol–water partition coefficient (Wildman–Crippen LogP) is 3.49. The van der Waals surface area contributed by atoms with Gasteiger partial charge in [-0.2, -0.15) is 13.2 Å². The van der Waals surface area contributed by atoms with Crippen molar-refractivity contribution in [2.75, 3.05) is 19.7 Å². The number of benzene rings is 1. The lowest BCUT2D eigenvalue weighted by molar-refractivity contribution is -0.153. The Hall–Kier alpha value is -2.68. The van der Waals surface area contributed by atoms with E-state index in [0.29, 0.717) is 29.6 Å². The van der Waals surface area contributed by atoms with Gasteiger partial charge in [-0.15, -0.1) is 0 Å². The van der Waals surface area contributed by atoms with Crippen molar-refractivity contribution in [2.24, 2.45) is 4.99 Å². The van der Waals surface area contributed by atoms with E-state index in [4.69, 9.17) is 9.15 Å². The minimum absolute atomic E-state index is 0.129. The Kier molecular flexibility index (Phi) is 7.55. The first kappa shape index (κ1) is 22.6. The van der Waals surface area contributed by atoms with Crippen LogP contribution in [0.4, 0.5) is 13.2 Å². The molecule has 0 aliphatic carbocycles. The molecule has 0 fully saturated rings. The van der Waals surface area contributed by atoms with Crippen molar-refractivity contribution in [1.29, 1.82) is 0 Å². The molecule has 0 radical (unpaired) electrons. The van der Waals surface area contributed by atoms with E-state index < -0.39 is 18.4 Å². The van der Waals surface area contributed by atoms with Crippen molar-refractivity contribution < 1.29 is 27.4 Å². The van der Waals surface area contributed by atoms with Gasteiger partial charge >= 0.3 is 6.18 Å². The molecule has 3 N–H and O–H groups in total. The highest BCUT2D eigenvalue weighted by Gasteiger charge is 2.28. The number of aliphatic imine (C=N–C) groups is 1. The number of rotatable bonds is 8. The van der Waals surface area contributed by atoms with E-state index in [1.54, 1.807) is 38.1 Å². The fourth-order valence-electron chi connectivity index (χ4n) is 2.48. The zero-order valence-corrected chi connectivity index (χ0v) is 16.6. The van der Waals surface area contributed by atoms with E-state index in [2.05, 4.69) is 15.6 Å². The number of hydrogen-bond donors (Lipinski definition) is 3. The molecule has 1 heterocycles. The number of aryl methyl sites for hydroxylation is 1. The second-order valence-electron chi connectivity index (χ2n) is 6.78. The van der Waals surface area contributed by atoms with Crippen LogP contribution >= 0.6 is 0 Å². The van der Waals surface area contributed by atoms with Crippen molar-refractivity contribution in [3.63, 3.8) is 0 Å². The van der Waals surface area contributed by atoms with Gasteiger partial charge in [-0.3, -0.25) is 0 Å². The van der Waals surface area contributed by atoms with Gasteiger partial charge in [0.05, 0.1) is 13.1 Å². The van der Waals surface area contributed by atoms with Crippen LogP contribution in [0.25, 0.3) is 0 Å². The predicted molar refractivity (Wildman–Crippen MR) is 104 cm³/mol. The summed E-state index contributed by atoms with van der Waals surface area (Å²) in [6.45, 7) is 4.96. The normalized spacial score (nSPS) is 14.4. The zero-order chi connectivity index (χ0) is 21.5. The summed E-state index contributed by atoms with van der Waals surface area (Å²) in [6.07, 6.45) is -4.39. The van der Waals surface area contributed by atoms with Crippen molar-refractivity contribution in [1.82, 2.24) is 10.6 Å². The average molecular weight is 413 g/mol. The molecule has 6 nitrogen and oxygen atoms in total. The van der Waals surface area contributed by atoms with Gasteiger partial charge < -0.3 is 24.9 Å². The van der Waals surface area contributed by atoms with Crippen molar-refractivity contribution in [3.05, 3.63) is 53.5 Å². The summed E-state index contributed by atoms with van der Waals surface area (Å²) >= 11 is 0. The third-order valence-electron chi connectivity index (χ3n) is 3.94. The van der Waals surface area contributed by atoms with Crippen LogP contribution in [0.15, 0.2) is 45.8 Å². The van der Waals surface area contributed by atoms with Crippen LogP contribution < -0.4 is 15.4 Å². The summed E-state index contributed by atoms with van der Waals surface area (Å²) in [5.74, 6) is 1.73. The number of furan rings is 1. The van der Waals surface area contributed by atoms with Gasteiger partial charge in [-0.1, -0.05) is 12.1 Å². The highest BCUT2D eigenvalue weighted by Crippen LogP contribution is 2.22. The van der Waals surface area contributed by atoms with Gasteiger partial charge in [-0.05, 0) is 50.6 Å². The van der Waals surface area contributed by atoms with Crippen LogP contribution in [0.1, 0.15) is 30.9 Å². The monoisotopic (exact) mass is 413 g/mol. The summed E-state index contributed by atoms with van der Waals surface area (Å²) in [5.41, 5.74) is -0.550. The third kappa shape index (κ3) is 7.69. The molecule has 29 heavy (non-hydrogen) atoms. The molecule has 1 aromatic heterocycles. The van der Waals surface area contributed by atoms with Crippen LogP contribution in [0, 0.1) is 6.92 Å². The van der Waals surface area contributed by atoms with Crippen LogP contribution in [0.3, 0.4) is 0 Å². The summed E-state index contributed by atoms with van der Waals surface area (Å²) < 4.78 is 47.1. The molecule has 160 valence electrons. The SMILES string of the molecule is CCNC(=NCc1cccc(OCC(F)(F)F)c1)NCC(C)(O)c1ccc(C)o1. The highest BCUT2D eigenvalue weighted by molar-refractivity contribution is 5.79. The van der Waals surface area contributed by atoms with Gasteiger partial charge in [0.25, 0.3) is 0 Å². The molecule has 0 amide bonds. The van der Waals surface area contributed by atoms with Crippen LogP contribution in [0.5, 0.6) is 5.75 Å². The third-order valence-corrected chi connectivity index (χ3v) is 3.94. The standard InChI is InChI=1S/C20H26F3N3O3/c1-4-24-18(26-12-19(3,27)17-9-8-14(2)29-17)25-11-15-6-5-7-16(10-15)28-13-20(21,22)23/h5-10,27H,4,11-13H2,1-3H3,(H2,24,25,26). The number of ether oxygens (including phenoxy) is 1. The average Bonchev–Trinajstić information content (AvgIpc) is 3.09. The number of halogens is 3. The Morgan fingerprint density at radius 2 is 1.97 bits per heavy atom. The minimum Gasteiger partial charge on any atom is -0.484 e. The Morgan fingerprint density at radius 3 is 2.59 bits per heavy atom.